The van der Waals surface area contributed by atoms with Crippen molar-refractivity contribution in [1.29, 1.82) is 0 Å². The number of piperazine rings is 1. The lowest BCUT2D eigenvalue weighted by Crippen LogP contribution is -2.48. The van der Waals surface area contributed by atoms with Gasteiger partial charge < -0.3 is 14.7 Å². The number of hydrogen-bond acceptors (Lipinski definition) is 4. The van der Waals surface area contributed by atoms with Crippen molar-refractivity contribution in [1.82, 2.24) is 9.80 Å². The molecule has 0 atom stereocenters. The molecule has 0 aromatic heterocycles. The number of halogens is 4. The number of phenols is 1. The maximum Gasteiger partial charge on any atom is 0.573 e. The van der Waals surface area contributed by atoms with Crippen LogP contribution >= 0.6 is 15.9 Å². The smallest absolute Gasteiger partial charge is 0.507 e. The highest BCUT2D eigenvalue weighted by molar-refractivity contribution is 9.10. The van der Waals surface area contributed by atoms with Gasteiger partial charge in [0.1, 0.15) is 11.5 Å². The van der Waals surface area contributed by atoms with E-state index in [-0.39, 0.29) is 23.0 Å². The van der Waals surface area contributed by atoms with Crippen LogP contribution in [0.4, 0.5) is 13.2 Å². The first-order chi connectivity index (χ1) is 13.2. The number of ether oxygens (including phenoxy) is 1. The second-order valence-electron chi connectivity index (χ2n) is 6.42. The van der Waals surface area contributed by atoms with Gasteiger partial charge >= 0.3 is 6.36 Å². The largest absolute Gasteiger partial charge is 0.573 e. The number of alkyl halides is 3. The first-order valence-corrected chi connectivity index (χ1v) is 9.35. The number of carbonyl (C=O) groups excluding carboxylic acids is 1. The molecule has 0 unspecified atom stereocenters. The predicted molar refractivity (Wildman–Crippen MR) is 100 cm³/mol. The highest BCUT2D eigenvalue weighted by Gasteiger charge is 2.31. The molecule has 3 rings (SSSR count). The van der Waals surface area contributed by atoms with Crippen LogP contribution in [0.15, 0.2) is 46.9 Å². The number of amides is 1. The number of nitrogens with zero attached hydrogens (tertiary/aromatic N) is 2. The third-order valence-electron chi connectivity index (χ3n) is 4.41. The topological polar surface area (TPSA) is 53.0 Å². The zero-order valence-corrected chi connectivity index (χ0v) is 16.3. The van der Waals surface area contributed by atoms with Gasteiger partial charge in [0, 0.05) is 37.2 Å². The molecule has 1 fully saturated rings. The summed E-state index contributed by atoms with van der Waals surface area (Å²) in [6, 6.07) is 10.5. The Morgan fingerprint density at radius 1 is 1.07 bits per heavy atom. The van der Waals surface area contributed by atoms with E-state index >= 15 is 0 Å². The summed E-state index contributed by atoms with van der Waals surface area (Å²) in [5.74, 6) is -0.540. The van der Waals surface area contributed by atoms with Gasteiger partial charge in [0.25, 0.3) is 5.91 Å². The summed E-state index contributed by atoms with van der Waals surface area (Å²) in [6.07, 6.45) is -4.70. The van der Waals surface area contributed by atoms with Crippen molar-refractivity contribution in [2.45, 2.75) is 12.9 Å². The molecule has 5 nitrogen and oxygen atoms in total. The van der Waals surface area contributed by atoms with E-state index in [9.17, 15) is 23.1 Å². The predicted octanol–water partition coefficient (Wildman–Crippen LogP) is 4.01. The molecule has 2 aromatic carbocycles. The van der Waals surface area contributed by atoms with Crippen molar-refractivity contribution >= 4 is 21.8 Å². The minimum Gasteiger partial charge on any atom is -0.507 e. The second kappa shape index (κ2) is 8.40. The Hall–Kier alpha value is -2.26. The van der Waals surface area contributed by atoms with Gasteiger partial charge in [-0.25, -0.2) is 0 Å². The van der Waals surface area contributed by atoms with Crippen LogP contribution in [-0.2, 0) is 6.54 Å². The maximum atomic E-state index is 12.6. The molecule has 1 amide bonds. The third-order valence-corrected chi connectivity index (χ3v) is 4.91. The molecule has 9 heteroatoms. The second-order valence-corrected chi connectivity index (χ2v) is 7.34. The number of hydrogen-bond donors (Lipinski definition) is 1. The SMILES string of the molecule is O=C(c1ccc(Br)cc1O)N1CCN(Cc2ccc(OC(F)(F)F)cc2)CC1. The van der Waals surface area contributed by atoms with Crippen molar-refractivity contribution in [3.8, 4) is 11.5 Å². The number of aromatic hydroxyl groups is 1. The van der Waals surface area contributed by atoms with Crippen LogP contribution in [0.1, 0.15) is 15.9 Å². The lowest BCUT2D eigenvalue weighted by atomic mass is 10.1. The van der Waals surface area contributed by atoms with Gasteiger partial charge in [-0.1, -0.05) is 28.1 Å². The summed E-state index contributed by atoms with van der Waals surface area (Å²) in [7, 11) is 0. The minimum atomic E-state index is -4.70. The molecule has 0 spiro atoms. The van der Waals surface area contributed by atoms with Crippen LogP contribution in [0.2, 0.25) is 0 Å². The summed E-state index contributed by atoms with van der Waals surface area (Å²) >= 11 is 3.24. The molecule has 0 saturated carbocycles. The molecule has 1 aliphatic heterocycles. The fourth-order valence-corrected chi connectivity index (χ4v) is 3.37. The molecule has 1 saturated heterocycles. The number of rotatable bonds is 4. The molecule has 0 aliphatic carbocycles. The fraction of sp³-hybridized carbons (Fsp3) is 0.316. The van der Waals surface area contributed by atoms with E-state index in [1.54, 1.807) is 29.2 Å². The van der Waals surface area contributed by atoms with Gasteiger partial charge in [-0.05, 0) is 35.9 Å². The molecule has 150 valence electrons. The van der Waals surface area contributed by atoms with Crippen LogP contribution in [0, 0.1) is 0 Å². The zero-order valence-electron chi connectivity index (χ0n) is 14.7. The van der Waals surface area contributed by atoms with E-state index in [2.05, 4.69) is 25.6 Å². The monoisotopic (exact) mass is 458 g/mol. The molecule has 1 N–H and O–H groups in total. The van der Waals surface area contributed by atoms with Crippen LogP contribution in [0.5, 0.6) is 11.5 Å². The molecule has 1 aliphatic rings. The van der Waals surface area contributed by atoms with E-state index in [1.165, 1.54) is 18.2 Å². The molecular weight excluding hydrogens is 441 g/mol. The highest BCUT2D eigenvalue weighted by atomic mass is 79.9. The lowest BCUT2D eigenvalue weighted by molar-refractivity contribution is -0.274. The van der Waals surface area contributed by atoms with Crippen molar-refractivity contribution in [3.63, 3.8) is 0 Å². The zero-order chi connectivity index (χ0) is 20.3. The lowest BCUT2D eigenvalue weighted by Gasteiger charge is -2.35. The maximum absolute atomic E-state index is 12.6. The Balaban J connectivity index is 1.53. The van der Waals surface area contributed by atoms with Gasteiger partial charge in [-0.2, -0.15) is 0 Å². The first-order valence-electron chi connectivity index (χ1n) is 8.56. The summed E-state index contributed by atoms with van der Waals surface area (Å²) < 4.78 is 41.2. The van der Waals surface area contributed by atoms with Crippen LogP contribution in [0.25, 0.3) is 0 Å². The molecule has 1 heterocycles. The average molecular weight is 459 g/mol. The summed E-state index contributed by atoms with van der Waals surface area (Å²) in [5, 5.41) is 9.96. The minimum absolute atomic E-state index is 0.0667. The summed E-state index contributed by atoms with van der Waals surface area (Å²) in [5.41, 5.74) is 1.12. The Morgan fingerprint density at radius 3 is 2.29 bits per heavy atom. The summed E-state index contributed by atoms with van der Waals surface area (Å²) in [6.45, 7) is 2.83. The van der Waals surface area contributed by atoms with Gasteiger partial charge in [0.15, 0.2) is 0 Å². The molecule has 28 heavy (non-hydrogen) atoms. The first kappa shape index (κ1) is 20.5. The van der Waals surface area contributed by atoms with Gasteiger partial charge in [-0.15, -0.1) is 13.2 Å². The van der Waals surface area contributed by atoms with Gasteiger partial charge in [0.05, 0.1) is 5.56 Å². The van der Waals surface area contributed by atoms with Crippen LogP contribution < -0.4 is 4.74 Å². The van der Waals surface area contributed by atoms with Crippen LogP contribution in [0.3, 0.4) is 0 Å². The molecule has 2 aromatic rings. The van der Waals surface area contributed by atoms with E-state index in [0.29, 0.717) is 37.2 Å². The quantitative estimate of drug-likeness (QED) is 0.751. The van der Waals surface area contributed by atoms with Crippen molar-refractivity contribution in [2.24, 2.45) is 0 Å². The Labute approximate surface area is 168 Å². The van der Waals surface area contributed by atoms with E-state index in [4.69, 9.17) is 0 Å². The van der Waals surface area contributed by atoms with Crippen molar-refractivity contribution in [2.75, 3.05) is 26.2 Å². The van der Waals surface area contributed by atoms with Crippen molar-refractivity contribution in [3.05, 3.63) is 58.1 Å². The highest BCUT2D eigenvalue weighted by Crippen LogP contribution is 2.25. The Kier molecular flexibility index (Phi) is 6.14. The Bertz CT molecular complexity index is 835. The Morgan fingerprint density at radius 2 is 1.71 bits per heavy atom. The summed E-state index contributed by atoms with van der Waals surface area (Å²) in [4.78, 5) is 16.4. The van der Waals surface area contributed by atoms with E-state index in [1.807, 2.05) is 0 Å². The fourth-order valence-electron chi connectivity index (χ4n) is 3.02. The van der Waals surface area contributed by atoms with Crippen LogP contribution in [-0.4, -0.2) is 53.4 Å². The van der Waals surface area contributed by atoms with Gasteiger partial charge in [0.2, 0.25) is 0 Å². The molecular formula is C19H18BrF3N2O3. The average Bonchev–Trinajstić information content (AvgIpc) is 2.62. The standard InChI is InChI=1S/C19H18BrF3N2O3/c20-14-3-6-16(17(26)11-14)18(27)25-9-7-24(8-10-25)12-13-1-4-15(5-2-13)28-19(21,22)23/h1-6,11,26H,7-10,12H2. The van der Waals surface area contributed by atoms with Gasteiger partial charge in [-0.3, -0.25) is 9.69 Å². The van der Waals surface area contributed by atoms with Crippen molar-refractivity contribution < 1.29 is 27.8 Å². The number of phenolic OH excluding ortho intramolecular Hbond substituents is 1. The molecule has 0 bridgehead atoms. The number of carbonyl (C=O) groups is 1. The number of benzene rings is 2. The normalized spacial score (nSPS) is 15.5. The third kappa shape index (κ3) is 5.39. The van der Waals surface area contributed by atoms with E-state index < -0.39 is 6.36 Å². The molecule has 0 radical (unpaired) electrons. The van der Waals surface area contributed by atoms with E-state index in [0.717, 1.165) is 5.56 Å².